The number of unbranched alkanes of at least 4 members (excludes halogenated alkanes) is 2. The number of fused-ring (bicyclic) bond motifs is 1. The van der Waals surface area contributed by atoms with Crippen LogP contribution in [0.2, 0.25) is 0 Å². The minimum Gasteiger partial charge on any atom is -1.00 e. The molecule has 0 atom stereocenters. The van der Waals surface area contributed by atoms with Gasteiger partial charge in [0, 0.05) is 13.3 Å². The highest BCUT2D eigenvalue weighted by Crippen LogP contribution is 2.28. The smallest absolute Gasteiger partial charge is 0.266 e. The van der Waals surface area contributed by atoms with Gasteiger partial charge in [-0.05, 0) is 29.4 Å². The maximum Gasteiger partial charge on any atom is 0.266 e. The van der Waals surface area contributed by atoms with Crippen LogP contribution in [0, 0.1) is 6.92 Å². The monoisotopic (exact) mass is 503 g/mol. The lowest BCUT2D eigenvalue weighted by Gasteiger charge is -2.01. The summed E-state index contributed by atoms with van der Waals surface area (Å²) in [4.78, 5) is 0. The van der Waals surface area contributed by atoms with Crippen LogP contribution in [-0.4, -0.2) is 11.5 Å². The molecule has 0 unspecified atom stereocenters. The number of benzene rings is 1. The standard InChI is InChI=1S/C14H19INOS.HI/c1-11-16(10-5-3-4-9-15)14-12(17-2)7-6-8-13(14)18-11;/h6-8H,3-5,9-10H2,1-2H3;1H/q+1;/p-1. The quantitative estimate of drug-likeness (QED) is 0.250. The third kappa shape index (κ3) is 4.17. The van der Waals surface area contributed by atoms with Crippen LogP contribution >= 0.6 is 33.9 Å². The molecule has 1 aromatic carbocycles. The second-order valence-electron chi connectivity index (χ2n) is 4.33. The van der Waals surface area contributed by atoms with Crippen molar-refractivity contribution in [3.05, 3.63) is 23.2 Å². The highest BCUT2D eigenvalue weighted by atomic mass is 127. The SMILES string of the molecule is COc1cccc2sc(C)[n+](CCCCCI)c12.[I-]. The molecule has 0 bridgehead atoms. The molecule has 0 saturated carbocycles. The maximum absolute atomic E-state index is 5.49. The van der Waals surface area contributed by atoms with Crippen LogP contribution in [0.3, 0.4) is 0 Å². The van der Waals surface area contributed by atoms with E-state index in [1.54, 1.807) is 7.11 Å². The van der Waals surface area contributed by atoms with Gasteiger partial charge >= 0.3 is 0 Å². The molecule has 0 aliphatic heterocycles. The van der Waals surface area contributed by atoms with Crippen molar-refractivity contribution in [1.29, 1.82) is 0 Å². The number of aryl methyl sites for hydroxylation is 2. The molecule has 2 aromatic rings. The Morgan fingerprint density at radius 3 is 2.74 bits per heavy atom. The molecule has 0 saturated heterocycles. The van der Waals surface area contributed by atoms with E-state index in [4.69, 9.17) is 4.74 Å². The summed E-state index contributed by atoms with van der Waals surface area (Å²) in [7, 11) is 1.75. The first kappa shape index (κ1) is 17.4. The molecule has 2 nitrogen and oxygen atoms in total. The van der Waals surface area contributed by atoms with Gasteiger partial charge in [-0.15, -0.1) is 0 Å². The molecule has 5 heteroatoms. The van der Waals surface area contributed by atoms with Crippen LogP contribution in [0.4, 0.5) is 0 Å². The summed E-state index contributed by atoms with van der Waals surface area (Å²) in [5.74, 6) is 0.991. The summed E-state index contributed by atoms with van der Waals surface area (Å²) in [5.41, 5.74) is 1.26. The fourth-order valence-electron chi connectivity index (χ4n) is 2.20. The number of halogens is 2. The molecule has 19 heavy (non-hydrogen) atoms. The Kier molecular flexibility index (Phi) is 7.90. The second-order valence-corrected chi connectivity index (χ2v) is 6.64. The van der Waals surface area contributed by atoms with Crippen molar-refractivity contribution in [3.63, 3.8) is 0 Å². The van der Waals surface area contributed by atoms with E-state index in [-0.39, 0.29) is 24.0 Å². The van der Waals surface area contributed by atoms with E-state index in [9.17, 15) is 0 Å². The Morgan fingerprint density at radius 2 is 2.05 bits per heavy atom. The lowest BCUT2D eigenvalue weighted by atomic mass is 10.2. The number of alkyl halides is 1. The minimum absolute atomic E-state index is 0. The normalized spacial score (nSPS) is 10.5. The Balaban J connectivity index is 0.00000180. The van der Waals surface area contributed by atoms with Crippen molar-refractivity contribution < 1.29 is 33.3 Å². The van der Waals surface area contributed by atoms with Crippen molar-refractivity contribution in [2.45, 2.75) is 32.7 Å². The number of thiazole rings is 1. The molecule has 106 valence electrons. The molecular formula is C14H19I2NOS. The Morgan fingerprint density at radius 1 is 1.26 bits per heavy atom. The molecule has 1 heterocycles. The highest BCUT2D eigenvalue weighted by molar-refractivity contribution is 14.1. The molecular weight excluding hydrogens is 484 g/mol. The van der Waals surface area contributed by atoms with Crippen molar-refractivity contribution in [3.8, 4) is 5.75 Å². The summed E-state index contributed by atoms with van der Waals surface area (Å²) in [5, 5.41) is 1.36. The molecule has 2 rings (SSSR count). The van der Waals surface area contributed by atoms with Gasteiger partial charge in [0.1, 0.15) is 11.2 Å². The predicted octanol–water partition coefficient (Wildman–Crippen LogP) is 1.12. The first-order valence-corrected chi connectivity index (χ1v) is 8.64. The third-order valence-corrected chi connectivity index (χ3v) is 4.93. The Labute approximate surface area is 149 Å². The summed E-state index contributed by atoms with van der Waals surface area (Å²) in [6, 6.07) is 6.30. The van der Waals surface area contributed by atoms with Gasteiger partial charge in [0.05, 0.1) is 7.11 Å². The Hall–Kier alpha value is 0.370. The molecule has 0 spiro atoms. The van der Waals surface area contributed by atoms with Crippen molar-refractivity contribution >= 4 is 44.1 Å². The molecule has 0 amide bonds. The van der Waals surface area contributed by atoms with E-state index >= 15 is 0 Å². The maximum atomic E-state index is 5.49. The predicted molar refractivity (Wildman–Crippen MR) is 86.0 cm³/mol. The van der Waals surface area contributed by atoms with Gasteiger partial charge in [0.2, 0.25) is 5.01 Å². The van der Waals surface area contributed by atoms with Gasteiger partial charge in [0.25, 0.3) is 5.52 Å². The van der Waals surface area contributed by atoms with Gasteiger partial charge < -0.3 is 28.7 Å². The summed E-state index contributed by atoms with van der Waals surface area (Å²) in [6.07, 6.45) is 3.87. The number of aromatic nitrogens is 1. The molecule has 1 aromatic heterocycles. The van der Waals surface area contributed by atoms with Gasteiger partial charge in [0.15, 0.2) is 5.75 Å². The average Bonchev–Trinajstić information content (AvgIpc) is 2.70. The van der Waals surface area contributed by atoms with Crippen molar-refractivity contribution in [2.24, 2.45) is 0 Å². The van der Waals surface area contributed by atoms with Crippen LogP contribution in [0.25, 0.3) is 10.2 Å². The number of methoxy groups -OCH3 is 1. The lowest BCUT2D eigenvalue weighted by molar-refractivity contribution is -0.673. The van der Waals surface area contributed by atoms with E-state index in [1.807, 2.05) is 11.3 Å². The van der Waals surface area contributed by atoms with Gasteiger partial charge in [-0.2, -0.15) is 4.57 Å². The molecule has 0 aliphatic rings. The van der Waals surface area contributed by atoms with E-state index in [1.165, 1.54) is 38.9 Å². The number of ether oxygens (including phenoxy) is 1. The summed E-state index contributed by atoms with van der Waals surface area (Å²) in [6.45, 7) is 3.30. The van der Waals surface area contributed by atoms with Crippen LogP contribution in [0.5, 0.6) is 5.75 Å². The zero-order valence-electron chi connectivity index (χ0n) is 11.3. The van der Waals surface area contributed by atoms with Crippen LogP contribution in [-0.2, 0) is 6.54 Å². The van der Waals surface area contributed by atoms with Crippen molar-refractivity contribution in [2.75, 3.05) is 11.5 Å². The number of hydrogen-bond acceptors (Lipinski definition) is 2. The Bertz CT molecular complexity index is 527. The van der Waals surface area contributed by atoms with Gasteiger partial charge in [-0.1, -0.05) is 40.0 Å². The fourth-order valence-corrected chi connectivity index (χ4v) is 3.80. The second kappa shape index (κ2) is 8.61. The van der Waals surface area contributed by atoms with Crippen LogP contribution in [0.15, 0.2) is 18.2 Å². The van der Waals surface area contributed by atoms with E-state index < -0.39 is 0 Å². The largest absolute Gasteiger partial charge is 1.00 e. The zero-order chi connectivity index (χ0) is 13.0. The van der Waals surface area contributed by atoms with Gasteiger partial charge in [-0.3, -0.25) is 0 Å². The summed E-state index contributed by atoms with van der Waals surface area (Å²) < 4.78 is 10.5. The molecule has 0 fully saturated rings. The number of rotatable bonds is 6. The lowest BCUT2D eigenvalue weighted by Crippen LogP contribution is -3.00. The zero-order valence-corrected chi connectivity index (χ0v) is 16.4. The number of nitrogens with zero attached hydrogens (tertiary/aromatic N) is 1. The first-order valence-electron chi connectivity index (χ1n) is 6.30. The van der Waals surface area contributed by atoms with Crippen LogP contribution < -0.4 is 33.3 Å². The molecule has 0 N–H and O–H groups in total. The van der Waals surface area contributed by atoms with E-state index in [2.05, 4.69) is 52.3 Å². The minimum atomic E-state index is 0. The average molecular weight is 503 g/mol. The van der Waals surface area contributed by atoms with Crippen LogP contribution in [0.1, 0.15) is 24.3 Å². The fraction of sp³-hybridized carbons (Fsp3) is 0.500. The molecule has 0 aliphatic carbocycles. The topological polar surface area (TPSA) is 13.1 Å². The third-order valence-electron chi connectivity index (χ3n) is 3.10. The first-order chi connectivity index (χ1) is 8.77. The summed E-state index contributed by atoms with van der Waals surface area (Å²) >= 11 is 4.30. The van der Waals surface area contributed by atoms with E-state index in [0.29, 0.717) is 0 Å². The van der Waals surface area contributed by atoms with E-state index in [0.717, 1.165) is 12.3 Å². The van der Waals surface area contributed by atoms with Gasteiger partial charge in [-0.25, -0.2) is 0 Å². The highest BCUT2D eigenvalue weighted by Gasteiger charge is 2.20. The number of para-hydroxylation sites is 1. The molecule has 0 radical (unpaired) electrons. The number of hydrogen-bond donors (Lipinski definition) is 0. The van der Waals surface area contributed by atoms with Crippen molar-refractivity contribution in [1.82, 2.24) is 0 Å².